The van der Waals surface area contributed by atoms with Gasteiger partial charge in [0.05, 0.1) is 6.54 Å². The summed E-state index contributed by atoms with van der Waals surface area (Å²) in [4.78, 5) is 7.38. The molecule has 0 saturated heterocycles. The fourth-order valence-electron chi connectivity index (χ4n) is 3.12. The first-order chi connectivity index (χ1) is 13.5. The second-order valence-electron chi connectivity index (χ2n) is 6.52. The van der Waals surface area contributed by atoms with Gasteiger partial charge in [-0.2, -0.15) is 0 Å². The lowest BCUT2D eigenvalue weighted by Crippen LogP contribution is -2.87. The first-order valence-corrected chi connectivity index (χ1v) is 9.05. The summed E-state index contributed by atoms with van der Waals surface area (Å²) < 4.78 is 0. The van der Waals surface area contributed by atoms with Crippen LogP contribution in [-0.4, -0.2) is 11.9 Å². The molecule has 3 aromatic rings. The topological polar surface area (TPSA) is 132 Å². The SMILES string of the molecule is NC(N)=NCc1cc(-c2ccccc2)c(C[NH+]=C(N)[NH3+])cc1-c1ccccc1. The average Bonchev–Trinajstić information content (AvgIpc) is 2.71. The van der Waals surface area contributed by atoms with Crippen LogP contribution in [-0.2, 0) is 13.1 Å². The van der Waals surface area contributed by atoms with E-state index in [1.54, 1.807) is 0 Å². The molecule has 0 aliphatic rings. The van der Waals surface area contributed by atoms with Crippen LogP contribution in [0.1, 0.15) is 11.1 Å². The fraction of sp³-hybridized carbons (Fsp3) is 0.0909. The molecule has 28 heavy (non-hydrogen) atoms. The lowest BCUT2D eigenvalue weighted by Gasteiger charge is -2.15. The van der Waals surface area contributed by atoms with E-state index in [1.807, 2.05) is 36.4 Å². The molecule has 0 saturated carbocycles. The van der Waals surface area contributed by atoms with E-state index in [1.165, 1.54) is 0 Å². The smallest absolute Gasteiger partial charge is 0.370 e. The molecule has 3 rings (SSSR count). The van der Waals surface area contributed by atoms with Crippen LogP contribution in [0.3, 0.4) is 0 Å². The van der Waals surface area contributed by atoms with Gasteiger partial charge in [-0.1, -0.05) is 60.7 Å². The van der Waals surface area contributed by atoms with Crippen molar-refractivity contribution in [2.24, 2.45) is 22.2 Å². The number of quaternary nitrogens is 1. The Morgan fingerprint density at radius 2 is 1.29 bits per heavy atom. The summed E-state index contributed by atoms with van der Waals surface area (Å²) in [6.45, 7) is 0.978. The van der Waals surface area contributed by atoms with E-state index in [4.69, 9.17) is 17.2 Å². The Hall–Kier alpha value is -3.64. The van der Waals surface area contributed by atoms with Crippen molar-refractivity contribution in [2.45, 2.75) is 13.1 Å². The van der Waals surface area contributed by atoms with Crippen molar-refractivity contribution in [3.8, 4) is 22.3 Å². The third-order valence-corrected chi connectivity index (χ3v) is 4.44. The standard InChI is InChI=1S/C22H24N6/c23-21(24)27-13-17-12-20(16-9-5-2-6-10-16)18(14-28-22(25)26)11-19(17)15-7-3-1-4-8-15/h1-12H,13-14H2,(H4,23,24,27)(H4,25,26,28)/p+2. The van der Waals surface area contributed by atoms with Gasteiger partial charge < -0.3 is 11.5 Å². The minimum Gasteiger partial charge on any atom is -0.370 e. The number of hydrogen-bond donors (Lipinski definition) is 5. The lowest BCUT2D eigenvalue weighted by atomic mass is 9.90. The zero-order valence-corrected chi connectivity index (χ0v) is 15.7. The highest BCUT2D eigenvalue weighted by Crippen LogP contribution is 2.32. The first kappa shape index (κ1) is 19.1. The van der Waals surface area contributed by atoms with Gasteiger partial charge in [0.25, 0.3) is 0 Å². The number of nitrogens with two attached hydrogens (primary N) is 3. The Morgan fingerprint density at radius 3 is 1.79 bits per heavy atom. The van der Waals surface area contributed by atoms with Gasteiger partial charge in [-0.3, -0.25) is 5.73 Å². The third kappa shape index (κ3) is 4.75. The molecule has 0 fully saturated rings. The van der Waals surface area contributed by atoms with E-state index in [0.717, 1.165) is 33.4 Å². The number of nitrogens with one attached hydrogen (secondary N) is 1. The molecule has 0 aliphatic heterocycles. The highest BCUT2D eigenvalue weighted by molar-refractivity contribution is 5.78. The van der Waals surface area contributed by atoms with Gasteiger partial charge in [0.1, 0.15) is 6.54 Å². The van der Waals surface area contributed by atoms with Gasteiger partial charge >= 0.3 is 5.96 Å². The van der Waals surface area contributed by atoms with E-state index < -0.39 is 0 Å². The number of aliphatic imine (C=N–C) groups is 1. The summed E-state index contributed by atoms with van der Waals surface area (Å²) in [6.07, 6.45) is 0. The Labute approximate surface area is 164 Å². The molecule has 142 valence electrons. The van der Waals surface area contributed by atoms with Crippen molar-refractivity contribution in [2.75, 3.05) is 0 Å². The molecular weight excluding hydrogens is 348 g/mol. The molecule has 10 N–H and O–H groups in total. The van der Waals surface area contributed by atoms with E-state index in [2.05, 4.69) is 52.1 Å². The number of guanidine groups is 2. The van der Waals surface area contributed by atoms with Gasteiger partial charge in [0, 0.05) is 5.56 Å². The van der Waals surface area contributed by atoms with Gasteiger partial charge in [-0.05, 0) is 39.9 Å². The van der Waals surface area contributed by atoms with E-state index >= 15 is 0 Å². The predicted molar refractivity (Wildman–Crippen MR) is 114 cm³/mol. The summed E-state index contributed by atoms with van der Waals surface area (Å²) in [5.74, 6) is 0.510. The molecule has 0 aliphatic carbocycles. The Morgan fingerprint density at radius 1 is 0.786 bits per heavy atom. The van der Waals surface area contributed by atoms with Crippen LogP contribution in [0, 0.1) is 0 Å². The van der Waals surface area contributed by atoms with Crippen LogP contribution in [0.4, 0.5) is 0 Å². The van der Waals surface area contributed by atoms with Crippen LogP contribution < -0.4 is 27.9 Å². The van der Waals surface area contributed by atoms with Crippen molar-refractivity contribution in [1.29, 1.82) is 0 Å². The largest absolute Gasteiger partial charge is 0.434 e. The third-order valence-electron chi connectivity index (χ3n) is 4.44. The van der Waals surface area contributed by atoms with Crippen molar-refractivity contribution in [1.82, 2.24) is 0 Å². The Balaban J connectivity index is 2.21. The average molecular weight is 374 g/mol. The minimum absolute atomic E-state index is 0.0745. The minimum atomic E-state index is 0.0745. The van der Waals surface area contributed by atoms with E-state index in [9.17, 15) is 0 Å². The van der Waals surface area contributed by atoms with E-state index in [-0.39, 0.29) is 5.96 Å². The second kappa shape index (κ2) is 8.83. The van der Waals surface area contributed by atoms with Crippen molar-refractivity contribution < 1.29 is 10.7 Å². The highest BCUT2D eigenvalue weighted by atomic mass is 15.0. The molecule has 0 amide bonds. The molecule has 3 aromatic carbocycles. The molecule has 0 radical (unpaired) electrons. The highest BCUT2D eigenvalue weighted by Gasteiger charge is 2.14. The zero-order valence-electron chi connectivity index (χ0n) is 15.7. The maximum atomic E-state index is 5.74. The van der Waals surface area contributed by atoms with Gasteiger partial charge in [0.15, 0.2) is 5.96 Å². The van der Waals surface area contributed by atoms with Crippen LogP contribution in [0.25, 0.3) is 22.3 Å². The number of benzene rings is 3. The van der Waals surface area contributed by atoms with Crippen LogP contribution in [0.2, 0.25) is 0 Å². The lowest BCUT2D eigenvalue weighted by molar-refractivity contribution is -0.519. The Kier molecular flexibility index (Phi) is 6.04. The summed E-state index contributed by atoms with van der Waals surface area (Å²) in [6, 6.07) is 24.7. The number of rotatable bonds is 6. The van der Waals surface area contributed by atoms with Crippen LogP contribution in [0.15, 0.2) is 77.8 Å². The molecular formula is C22H26N6+2. The fourth-order valence-corrected chi connectivity index (χ4v) is 3.12. The molecule has 0 heterocycles. The van der Waals surface area contributed by atoms with Crippen LogP contribution in [0.5, 0.6) is 0 Å². The van der Waals surface area contributed by atoms with Crippen molar-refractivity contribution in [3.05, 3.63) is 83.9 Å². The summed E-state index contributed by atoms with van der Waals surface area (Å²) in [5, 5.41) is 0. The summed E-state index contributed by atoms with van der Waals surface area (Å²) in [5.41, 5.74) is 27.2. The van der Waals surface area contributed by atoms with Gasteiger partial charge in [-0.15, -0.1) is 0 Å². The molecule has 0 unspecified atom stereocenters. The van der Waals surface area contributed by atoms with Crippen molar-refractivity contribution in [3.63, 3.8) is 0 Å². The molecule has 0 atom stereocenters. The summed E-state index contributed by atoms with van der Waals surface area (Å²) >= 11 is 0. The molecule has 6 heteroatoms. The zero-order chi connectivity index (χ0) is 19.9. The van der Waals surface area contributed by atoms with Gasteiger partial charge in [-0.25, -0.2) is 15.7 Å². The number of hydrogen-bond acceptors (Lipinski definition) is 1. The quantitative estimate of drug-likeness (QED) is 0.306. The second-order valence-corrected chi connectivity index (χ2v) is 6.52. The molecule has 0 aromatic heterocycles. The molecule has 0 spiro atoms. The van der Waals surface area contributed by atoms with Crippen LogP contribution >= 0.6 is 0 Å². The normalized spacial score (nSPS) is 11.2. The maximum Gasteiger partial charge on any atom is 0.434 e. The molecule has 6 nitrogen and oxygen atoms in total. The molecule has 0 bridgehead atoms. The maximum absolute atomic E-state index is 5.74. The van der Waals surface area contributed by atoms with E-state index in [0.29, 0.717) is 19.0 Å². The summed E-state index contributed by atoms with van der Waals surface area (Å²) in [7, 11) is 0. The Bertz CT molecular complexity index is 903. The first-order valence-electron chi connectivity index (χ1n) is 9.05. The predicted octanol–water partition coefficient (Wildman–Crippen LogP) is -0.0688. The van der Waals surface area contributed by atoms with Gasteiger partial charge in [0.2, 0.25) is 0 Å². The van der Waals surface area contributed by atoms with Crippen molar-refractivity contribution >= 4 is 11.9 Å². The monoisotopic (exact) mass is 374 g/mol. The number of nitrogens with zero attached hydrogens (tertiary/aromatic N) is 1.